The molecule has 0 unspecified atom stereocenters. The standard InChI is InChI=1S/C20H25F4N3O/c21-17-5-4-14(12-16(17)20(22,23)24)25-19(28)27(10-9-26-7-1-2-8-26)18-6-3-13-11-15(13)18/h4-5,12-13,15,18H,1-3,6-11H2,(H,25,28)/t13-,15+,18-/m1/s1. The van der Waals surface area contributed by atoms with Crippen molar-refractivity contribution in [1.29, 1.82) is 0 Å². The third kappa shape index (κ3) is 4.11. The summed E-state index contributed by atoms with van der Waals surface area (Å²) in [6.45, 7) is 3.39. The first-order valence-electron chi connectivity index (χ1n) is 9.99. The highest BCUT2D eigenvalue weighted by molar-refractivity contribution is 5.89. The summed E-state index contributed by atoms with van der Waals surface area (Å²) >= 11 is 0. The molecule has 4 rings (SSSR count). The molecule has 0 radical (unpaired) electrons. The number of halogens is 4. The summed E-state index contributed by atoms with van der Waals surface area (Å²) in [7, 11) is 0. The van der Waals surface area contributed by atoms with Crippen molar-refractivity contribution in [3.8, 4) is 0 Å². The van der Waals surface area contributed by atoms with Crippen molar-refractivity contribution >= 4 is 11.7 Å². The van der Waals surface area contributed by atoms with E-state index in [0.717, 1.165) is 57.8 Å². The van der Waals surface area contributed by atoms with Gasteiger partial charge >= 0.3 is 12.2 Å². The van der Waals surface area contributed by atoms with Gasteiger partial charge in [0.2, 0.25) is 0 Å². The van der Waals surface area contributed by atoms with Crippen LogP contribution in [-0.2, 0) is 6.18 Å². The normalized spacial score (nSPS) is 26.9. The van der Waals surface area contributed by atoms with E-state index in [9.17, 15) is 22.4 Å². The van der Waals surface area contributed by atoms with E-state index in [2.05, 4.69) is 10.2 Å². The third-order valence-corrected chi connectivity index (χ3v) is 6.34. The maximum absolute atomic E-state index is 13.5. The molecule has 1 heterocycles. The van der Waals surface area contributed by atoms with Crippen LogP contribution in [0.1, 0.15) is 37.7 Å². The average molecular weight is 399 g/mol. The molecular weight excluding hydrogens is 374 g/mol. The van der Waals surface area contributed by atoms with Crippen LogP contribution < -0.4 is 5.32 Å². The fourth-order valence-electron chi connectivity index (χ4n) is 4.75. The largest absolute Gasteiger partial charge is 0.419 e. The molecule has 0 aromatic heterocycles. The fraction of sp³-hybridized carbons (Fsp3) is 0.650. The lowest BCUT2D eigenvalue weighted by Gasteiger charge is -2.32. The molecule has 28 heavy (non-hydrogen) atoms. The predicted octanol–water partition coefficient (Wildman–Crippen LogP) is 4.57. The van der Waals surface area contributed by atoms with Crippen LogP contribution in [0.25, 0.3) is 0 Å². The van der Waals surface area contributed by atoms with Gasteiger partial charge in [-0.1, -0.05) is 0 Å². The highest BCUT2D eigenvalue weighted by Gasteiger charge is 2.51. The second-order valence-corrected chi connectivity index (χ2v) is 8.17. The molecule has 1 aromatic carbocycles. The van der Waals surface area contributed by atoms with Gasteiger partial charge in [-0.25, -0.2) is 9.18 Å². The molecule has 0 spiro atoms. The van der Waals surface area contributed by atoms with E-state index in [4.69, 9.17) is 0 Å². The summed E-state index contributed by atoms with van der Waals surface area (Å²) in [5.74, 6) is -0.133. The molecule has 1 aromatic rings. The number of nitrogens with zero attached hydrogens (tertiary/aromatic N) is 2. The SMILES string of the molecule is O=C(Nc1ccc(F)c(C(F)(F)F)c1)N(CCN1CCCC1)[C@@H]1CC[C@@H]2C[C@@H]21. The molecule has 2 aliphatic carbocycles. The van der Waals surface area contributed by atoms with Crippen molar-refractivity contribution in [1.82, 2.24) is 9.80 Å². The molecule has 0 bridgehead atoms. The van der Waals surface area contributed by atoms with Crippen molar-refractivity contribution in [2.24, 2.45) is 11.8 Å². The van der Waals surface area contributed by atoms with E-state index < -0.39 is 23.6 Å². The lowest BCUT2D eigenvalue weighted by molar-refractivity contribution is -0.139. The van der Waals surface area contributed by atoms with Gasteiger partial charge in [-0.3, -0.25) is 0 Å². The van der Waals surface area contributed by atoms with E-state index in [-0.39, 0.29) is 11.7 Å². The van der Waals surface area contributed by atoms with E-state index >= 15 is 0 Å². The summed E-state index contributed by atoms with van der Waals surface area (Å²) in [5.41, 5.74) is -1.40. The summed E-state index contributed by atoms with van der Waals surface area (Å²) in [5, 5.41) is 2.57. The Balaban J connectivity index is 1.47. The molecule has 2 amide bonds. The molecule has 1 N–H and O–H groups in total. The maximum Gasteiger partial charge on any atom is 0.419 e. The van der Waals surface area contributed by atoms with Gasteiger partial charge in [-0.2, -0.15) is 13.2 Å². The minimum Gasteiger partial charge on any atom is -0.320 e. The first-order valence-corrected chi connectivity index (χ1v) is 9.99. The van der Waals surface area contributed by atoms with Crippen LogP contribution in [-0.4, -0.2) is 48.1 Å². The Morgan fingerprint density at radius 3 is 2.57 bits per heavy atom. The van der Waals surface area contributed by atoms with E-state index in [0.29, 0.717) is 24.4 Å². The van der Waals surface area contributed by atoms with Gasteiger partial charge in [0, 0.05) is 24.8 Å². The zero-order valence-corrected chi connectivity index (χ0v) is 15.6. The van der Waals surface area contributed by atoms with Crippen molar-refractivity contribution in [3.05, 3.63) is 29.6 Å². The van der Waals surface area contributed by atoms with Crippen molar-refractivity contribution in [3.63, 3.8) is 0 Å². The predicted molar refractivity (Wildman–Crippen MR) is 97.4 cm³/mol. The molecule has 3 fully saturated rings. The third-order valence-electron chi connectivity index (χ3n) is 6.34. The zero-order valence-electron chi connectivity index (χ0n) is 15.6. The number of hydrogen-bond donors (Lipinski definition) is 1. The van der Waals surface area contributed by atoms with Crippen molar-refractivity contribution in [2.75, 3.05) is 31.5 Å². The maximum atomic E-state index is 13.5. The lowest BCUT2D eigenvalue weighted by atomic mass is 10.1. The van der Waals surface area contributed by atoms with E-state index in [1.807, 2.05) is 0 Å². The van der Waals surface area contributed by atoms with E-state index in [1.165, 1.54) is 6.07 Å². The number of urea groups is 1. The number of rotatable bonds is 5. The number of anilines is 1. The quantitative estimate of drug-likeness (QED) is 0.736. The molecule has 1 saturated heterocycles. The molecule has 3 aliphatic rings. The van der Waals surface area contributed by atoms with Gasteiger partial charge in [-0.15, -0.1) is 0 Å². The van der Waals surface area contributed by atoms with Gasteiger partial charge in [0.05, 0.1) is 5.56 Å². The topological polar surface area (TPSA) is 35.6 Å². The Hall–Kier alpha value is -1.83. The summed E-state index contributed by atoms with van der Waals surface area (Å²) < 4.78 is 52.4. The van der Waals surface area contributed by atoms with Gasteiger partial charge in [-0.05, 0) is 75.2 Å². The number of fused-ring (bicyclic) bond motifs is 1. The van der Waals surface area contributed by atoms with Crippen LogP contribution >= 0.6 is 0 Å². The number of amides is 2. The van der Waals surface area contributed by atoms with Crippen LogP contribution in [0.5, 0.6) is 0 Å². The monoisotopic (exact) mass is 399 g/mol. The number of nitrogens with one attached hydrogen (secondary N) is 1. The Kier molecular flexibility index (Phi) is 5.24. The number of carbonyl (C=O) groups excluding carboxylic acids is 1. The number of hydrogen-bond acceptors (Lipinski definition) is 2. The number of carbonyl (C=O) groups is 1. The van der Waals surface area contributed by atoms with Crippen LogP contribution in [0.4, 0.5) is 28.0 Å². The summed E-state index contributed by atoms with van der Waals surface area (Å²) in [6.07, 6.45) is 0.712. The minimum absolute atomic E-state index is 0.0322. The Morgan fingerprint density at radius 2 is 1.96 bits per heavy atom. The Labute approximate surface area is 161 Å². The first kappa shape index (κ1) is 19.5. The van der Waals surface area contributed by atoms with Crippen LogP contribution in [0.3, 0.4) is 0 Å². The Morgan fingerprint density at radius 1 is 1.21 bits per heavy atom. The molecule has 4 nitrogen and oxygen atoms in total. The highest BCUT2D eigenvalue weighted by Crippen LogP contribution is 2.53. The smallest absolute Gasteiger partial charge is 0.320 e. The molecule has 8 heteroatoms. The van der Waals surface area contributed by atoms with Crippen molar-refractivity contribution in [2.45, 2.75) is 44.3 Å². The average Bonchev–Trinajstić information content (AvgIpc) is 3.02. The number of likely N-dealkylation sites (tertiary alicyclic amines) is 1. The summed E-state index contributed by atoms with van der Waals surface area (Å²) in [4.78, 5) is 17.1. The van der Waals surface area contributed by atoms with Crippen LogP contribution in [0, 0.1) is 17.7 Å². The van der Waals surface area contributed by atoms with Crippen LogP contribution in [0.2, 0.25) is 0 Å². The van der Waals surface area contributed by atoms with Gasteiger partial charge < -0.3 is 15.1 Å². The molecular formula is C20H25F4N3O. The lowest BCUT2D eigenvalue weighted by Crippen LogP contribution is -2.46. The van der Waals surface area contributed by atoms with Crippen molar-refractivity contribution < 1.29 is 22.4 Å². The highest BCUT2D eigenvalue weighted by atomic mass is 19.4. The molecule has 1 aliphatic heterocycles. The number of benzene rings is 1. The van der Waals surface area contributed by atoms with Gasteiger partial charge in [0.15, 0.2) is 0 Å². The second kappa shape index (κ2) is 7.54. The molecule has 3 atom stereocenters. The summed E-state index contributed by atoms with van der Waals surface area (Å²) in [6, 6.07) is 2.35. The van der Waals surface area contributed by atoms with Gasteiger partial charge in [0.1, 0.15) is 5.82 Å². The Bertz CT molecular complexity index is 733. The molecule has 2 saturated carbocycles. The van der Waals surface area contributed by atoms with Crippen LogP contribution in [0.15, 0.2) is 18.2 Å². The fourth-order valence-corrected chi connectivity index (χ4v) is 4.75. The van der Waals surface area contributed by atoms with Gasteiger partial charge in [0.25, 0.3) is 0 Å². The zero-order chi connectivity index (χ0) is 19.9. The minimum atomic E-state index is -4.80. The first-order chi connectivity index (χ1) is 13.3. The number of alkyl halides is 3. The van der Waals surface area contributed by atoms with E-state index in [1.54, 1.807) is 4.90 Å². The molecule has 154 valence electrons. The second-order valence-electron chi connectivity index (χ2n) is 8.17.